The smallest absolute Gasteiger partial charge is 0.308 e. The Balaban J connectivity index is 3.40. The lowest BCUT2D eigenvalue weighted by molar-refractivity contribution is -0.146. The molecule has 0 fully saturated rings. The fraction of sp³-hybridized carbons (Fsp3) is 0.909. The van der Waals surface area contributed by atoms with Crippen molar-refractivity contribution < 1.29 is 19.7 Å². The van der Waals surface area contributed by atoms with Gasteiger partial charge in [-0.25, -0.2) is 0 Å². The summed E-state index contributed by atoms with van der Waals surface area (Å²) in [5, 5.41) is 18.0. The van der Waals surface area contributed by atoms with Gasteiger partial charge in [0, 0.05) is 6.61 Å². The van der Waals surface area contributed by atoms with Gasteiger partial charge in [0.15, 0.2) is 0 Å². The Bertz CT molecular complexity index is 159. The van der Waals surface area contributed by atoms with Crippen molar-refractivity contribution in [1.82, 2.24) is 0 Å². The maximum Gasteiger partial charge on any atom is 0.308 e. The lowest BCUT2D eigenvalue weighted by atomic mass is 10.1. The van der Waals surface area contributed by atoms with Crippen LogP contribution >= 0.6 is 0 Å². The summed E-state index contributed by atoms with van der Waals surface area (Å²) in [4.78, 5) is 11.1. The zero-order valence-electron chi connectivity index (χ0n) is 9.45. The molecular formula is C11H22O4. The predicted octanol–water partition coefficient (Wildman–Crippen LogP) is 1.24. The molecule has 0 heterocycles. The first-order valence-electron chi connectivity index (χ1n) is 5.65. The van der Waals surface area contributed by atoms with Gasteiger partial charge >= 0.3 is 5.97 Å². The van der Waals surface area contributed by atoms with Crippen molar-refractivity contribution >= 4 is 5.97 Å². The Labute approximate surface area is 91.3 Å². The second kappa shape index (κ2) is 9.93. The summed E-state index contributed by atoms with van der Waals surface area (Å²) < 4.78 is 4.91. The zero-order chi connectivity index (χ0) is 11.5. The molecule has 0 radical (unpaired) electrons. The van der Waals surface area contributed by atoms with Crippen LogP contribution in [0.2, 0.25) is 0 Å². The average Bonchev–Trinajstić information content (AvgIpc) is 2.18. The maximum atomic E-state index is 11.1. The standard InChI is InChI=1S/C11H22O4/c1-2-3-8-15-11(14)9-10(13)6-4-5-7-12/h10,12-13H,2-9H2,1H3. The van der Waals surface area contributed by atoms with Gasteiger partial charge in [-0.05, 0) is 25.7 Å². The second-order valence-corrected chi connectivity index (χ2v) is 3.65. The van der Waals surface area contributed by atoms with Gasteiger partial charge in [-0.2, -0.15) is 0 Å². The highest BCUT2D eigenvalue weighted by atomic mass is 16.5. The normalized spacial score (nSPS) is 12.5. The van der Waals surface area contributed by atoms with E-state index in [0.717, 1.165) is 19.3 Å². The van der Waals surface area contributed by atoms with E-state index in [4.69, 9.17) is 9.84 Å². The molecule has 0 saturated carbocycles. The van der Waals surface area contributed by atoms with Crippen LogP contribution in [-0.4, -0.2) is 35.5 Å². The minimum absolute atomic E-state index is 0.0646. The minimum atomic E-state index is -0.634. The van der Waals surface area contributed by atoms with Crippen LogP contribution in [0.25, 0.3) is 0 Å². The molecule has 0 aromatic rings. The van der Waals surface area contributed by atoms with Crippen LogP contribution in [0, 0.1) is 0 Å². The van der Waals surface area contributed by atoms with E-state index in [1.165, 1.54) is 0 Å². The molecule has 0 aliphatic carbocycles. The molecule has 0 aliphatic rings. The number of rotatable bonds is 9. The fourth-order valence-electron chi connectivity index (χ4n) is 1.18. The van der Waals surface area contributed by atoms with Gasteiger partial charge in [0.1, 0.15) is 0 Å². The first-order valence-corrected chi connectivity index (χ1v) is 5.65. The maximum absolute atomic E-state index is 11.1. The Morgan fingerprint density at radius 3 is 2.67 bits per heavy atom. The second-order valence-electron chi connectivity index (χ2n) is 3.65. The summed E-state index contributed by atoms with van der Waals surface area (Å²) >= 11 is 0. The van der Waals surface area contributed by atoms with Gasteiger partial charge in [-0.15, -0.1) is 0 Å². The van der Waals surface area contributed by atoms with Gasteiger partial charge in [0.25, 0.3) is 0 Å². The third-order valence-electron chi connectivity index (χ3n) is 2.11. The molecule has 0 aliphatic heterocycles. The molecular weight excluding hydrogens is 196 g/mol. The SMILES string of the molecule is CCCCOC(=O)CC(O)CCCCO. The number of unbranched alkanes of at least 4 members (excludes halogenated alkanes) is 2. The van der Waals surface area contributed by atoms with Crippen molar-refractivity contribution in [3.63, 3.8) is 0 Å². The molecule has 0 aromatic heterocycles. The van der Waals surface area contributed by atoms with Crippen LogP contribution in [0.5, 0.6) is 0 Å². The van der Waals surface area contributed by atoms with E-state index in [0.29, 0.717) is 19.4 Å². The summed E-state index contributed by atoms with van der Waals surface area (Å²) in [5.41, 5.74) is 0. The molecule has 2 N–H and O–H groups in total. The molecule has 0 rings (SSSR count). The van der Waals surface area contributed by atoms with Crippen molar-refractivity contribution in [1.29, 1.82) is 0 Å². The molecule has 1 unspecified atom stereocenters. The molecule has 0 saturated heterocycles. The van der Waals surface area contributed by atoms with Crippen LogP contribution in [0.15, 0.2) is 0 Å². The first-order chi connectivity index (χ1) is 7.20. The molecule has 0 aromatic carbocycles. The molecule has 0 bridgehead atoms. The van der Waals surface area contributed by atoms with Crippen LogP contribution < -0.4 is 0 Å². The zero-order valence-corrected chi connectivity index (χ0v) is 9.45. The van der Waals surface area contributed by atoms with Crippen molar-refractivity contribution in [3.05, 3.63) is 0 Å². The number of ether oxygens (including phenoxy) is 1. The van der Waals surface area contributed by atoms with Crippen molar-refractivity contribution in [2.45, 2.75) is 51.6 Å². The average molecular weight is 218 g/mol. The number of aliphatic hydroxyl groups excluding tert-OH is 2. The van der Waals surface area contributed by atoms with E-state index in [-0.39, 0.29) is 19.0 Å². The molecule has 90 valence electrons. The Hall–Kier alpha value is -0.610. The lowest BCUT2D eigenvalue weighted by Gasteiger charge is -2.09. The monoisotopic (exact) mass is 218 g/mol. The number of carbonyl (C=O) groups excluding carboxylic acids is 1. The third-order valence-corrected chi connectivity index (χ3v) is 2.11. The van der Waals surface area contributed by atoms with E-state index in [2.05, 4.69) is 0 Å². The topological polar surface area (TPSA) is 66.8 Å². The molecule has 0 amide bonds. The third kappa shape index (κ3) is 9.69. The Kier molecular flexibility index (Phi) is 9.52. The summed E-state index contributed by atoms with van der Waals surface area (Å²) in [6, 6.07) is 0. The predicted molar refractivity (Wildman–Crippen MR) is 57.4 cm³/mol. The van der Waals surface area contributed by atoms with Gasteiger partial charge < -0.3 is 14.9 Å². The van der Waals surface area contributed by atoms with Crippen LogP contribution in [0.4, 0.5) is 0 Å². The highest BCUT2D eigenvalue weighted by Gasteiger charge is 2.11. The number of hydrogen-bond donors (Lipinski definition) is 2. The summed E-state index contributed by atoms with van der Waals surface area (Å²) in [7, 11) is 0. The quantitative estimate of drug-likeness (QED) is 0.451. The Morgan fingerprint density at radius 1 is 1.33 bits per heavy atom. The van der Waals surface area contributed by atoms with Crippen LogP contribution in [-0.2, 0) is 9.53 Å². The van der Waals surface area contributed by atoms with E-state index < -0.39 is 6.10 Å². The van der Waals surface area contributed by atoms with E-state index in [1.807, 2.05) is 6.92 Å². The highest BCUT2D eigenvalue weighted by molar-refractivity contribution is 5.69. The number of carbonyl (C=O) groups is 1. The summed E-state index contributed by atoms with van der Waals surface area (Å²) in [6.07, 6.45) is 3.24. The molecule has 0 spiro atoms. The van der Waals surface area contributed by atoms with Crippen LogP contribution in [0.1, 0.15) is 45.4 Å². The van der Waals surface area contributed by atoms with Crippen molar-refractivity contribution in [2.75, 3.05) is 13.2 Å². The minimum Gasteiger partial charge on any atom is -0.466 e. The first kappa shape index (κ1) is 14.4. The molecule has 4 heteroatoms. The van der Waals surface area contributed by atoms with Gasteiger partial charge in [0.05, 0.1) is 19.1 Å². The fourth-order valence-corrected chi connectivity index (χ4v) is 1.18. The molecule has 15 heavy (non-hydrogen) atoms. The molecule has 4 nitrogen and oxygen atoms in total. The van der Waals surface area contributed by atoms with Crippen molar-refractivity contribution in [3.8, 4) is 0 Å². The summed E-state index contributed by atoms with van der Waals surface area (Å²) in [5.74, 6) is -0.333. The number of esters is 1. The lowest BCUT2D eigenvalue weighted by Crippen LogP contribution is -2.16. The van der Waals surface area contributed by atoms with Gasteiger partial charge in [-0.1, -0.05) is 13.3 Å². The van der Waals surface area contributed by atoms with E-state index >= 15 is 0 Å². The van der Waals surface area contributed by atoms with E-state index in [9.17, 15) is 9.90 Å². The van der Waals surface area contributed by atoms with Crippen molar-refractivity contribution in [2.24, 2.45) is 0 Å². The van der Waals surface area contributed by atoms with E-state index in [1.54, 1.807) is 0 Å². The largest absolute Gasteiger partial charge is 0.466 e. The number of aliphatic hydroxyl groups is 2. The van der Waals surface area contributed by atoms with Gasteiger partial charge in [-0.3, -0.25) is 4.79 Å². The number of hydrogen-bond acceptors (Lipinski definition) is 4. The highest BCUT2D eigenvalue weighted by Crippen LogP contribution is 2.05. The Morgan fingerprint density at radius 2 is 2.07 bits per heavy atom. The molecule has 1 atom stereocenters. The van der Waals surface area contributed by atoms with Gasteiger partial charge in [0.2, 0.25) is 0 Å². The van der Waals surface area contributed by atoms with Crippen LogP contribution in [0.3, 0.4) is 0 Å². The summed E-state index contributed by atoms with van der Waals surface area (Å²) in [6.45, 7) is 2.60.